The molecule has 0 saturated carbocycles. The van der Waals surface area contributed by atoms with Crippen molar-refractivity contribution >= 4 is 0 Å². The smallest absolute Gasteiger partial charge is 0.119 e. The van der Waals surface area contributed by atoms with E-state index >= 15 is 0 Å². The van der Waals surface area contributed by atoms with Gasteiger partial charge in [0.1, 0.15) is 5.75 Å². The normalized spacial score (nSPS) is 12.2. The van der Waals surface area contributed by atoms with Crippen LogP contribution in [0, 0.1) is 13.8 Å². The predicted molar refractivity (Wildman–Crippen MR) is 89.0 cm³/mol. The average Bonchev–Trinajstić information content (AvgIpc) is 2.50. The van der Waals surface area contributed by atoms with Crippen molar-refractivity contribution in [3.63, 3.8) is 0 Å². The maximum atomic E-state index is 5.29. The molecule has 2 aromatic rings. The van der Waals surface area contributed by atoms with Crippen LogP contribution in [0.25, 0.3) is 0 Å². The van der Waals surface area contributed by atoms with E-state index in [4.69, 9.17) is 4.74 Å². The van der Waals surface area contributed by atoms with E-state index in [1.54, 1.807) is 7.11 Å². The largest absolute Gasteiger partial charge is 0.497 e. The van der Waals surface area contributed by atoms with Gasteiger partial charge >= 0.3 is 0 Å². The van der Waals surface area contributed by atoms with E-state index in [0.29, 0.717) is 6.04 Å². The summed E-state index contributed by atoms with van der Waals surface area (Å²) in [7, 11) is 3.74. The molecule has 0 aliphatic heterocycles. The number of aryl methyl sites for hydroxylation is 3. The molecule has 0 radical (unpaired) electrons. The molecule has 1 N–H and O–H groups in total. The van der Waals surface area contributed by atoms with Crippen LogP contribution in [0.15, 0.2) is 42.5 Å². The second-order valence-electron chi connectivity index (χ2n) is 5.53. The lowest BCUT2D eigenvalue weighted by Gasteiger charge is -2.20. The molecule has 2 rings (SSSR count). The zero-order valence-corrected chi connectivity index (χ0v) is 13.4. The van der Waals surface area contributed by atoms with Crippen LogP contribution in [0.1, 0.15) is 34.7 Å². The van der Waals surface area contributed by atoms with Crippen LogP contribution in [0.5, 0.6) is 5.75 Å². The maximum Gasteiger partial charge on any atom is 0.119 e. The summed E-state index contributed by atoms with van der Waals surface area (Å²) < 4.78 is 5.29. The molecule has 21 heavy (non-hydrogen) atoms. The molecule has 2 heteroatoms. The molecule has 0 amide bonds. The number of methoxy groups -OCH3 is 1. The number of hydrogen-bond donors (Lipinski definition) is 1. The Morgan fingerprint density at radius 2 is 1.81 bits per heavy atom. The van der Waals surface area contributed by atoms with Crippen LogP contribution in [-0.2, 0) is 6.42 Å². The van der Waals surface area contributed by atoms with Gasteiger partial charge in [-0.05, 0) is 68.1 Å². The highest BCUT2D eigenvalue weighted by atomic mass is 16.5. The number of benzene rings is 2. The number of hydrogen-bond acceptors (Lipinski definition) is 2. The molecule has 1 atom stereocenters. The third-order valence-electron chi connectivity index (χ3n) is 4.16. The summed E-state index contributed by atoms with van der Waals surface area (Å²) in [6, 6.07) is 15.3. The van der Waals surface area contributed by atoms with E-state index in [-0.39, 0.29) is 0 Å². The minimum absolute atomic E-state index is 0.371. The van der Waals surface area contributed by atoms with Gasteiger partial charge in [0.15, 0.2) is 0 Å². The van der Waals surface area contributed by atoms with Crippen LogP contribution < -0.4 is 10.1 Å². The maximum absolute atomic E-state index is 5.29. The molecule has 0 spiro atoms. The Balaban J connectivity index is 2.11. The molecule has 0 aliphatic carbocycles. The predicted octanol–water partition coefficient (Wildman–Crippen LogP) is 4.21. The van der Waals surface area contributed by atoms with Gasteiger partial charge in [0.25, 0.3) is 0 Å². The summed E-state index contributed by atoms with van der Waals surface area (Å²) in [5.74, 6) is 0.921. The molecule has 1 unspecified atom stereocenters. The monoisotopic (exact) mass is 283 g/mol. The molecular formula is C19H25NO. The number of rotatable bonds is 6. The molecule has 0 bridgehead atoms. The van der Waals surface area contributed by atoms with Crippen molar-refractivity contribution in [2.45, 2.75) is 32.7 Å². The first-order valence-electron chi connectivity index (χ1n) is 7.52. The van der Waals surface area contributed by atoms with Gasteiger partial charge in [-0.25, -0.2) is 0 Å². The molecule has 0 fully saturated rings. The molecule has 112 valence electrons. The van der Waals surface area contributed by atoms with Crippen molar-refractivity contribution in [1.82, 2.24) is 5.32 Å². The summed E-state index contributed by atoms with van der Waals surface area (Å²) in [6.07, 6.45) is 2.18. The van der Waals surface area contributed by atoms with Gasteiger partial charge in [-0.1, -0.05) is 30.3 Å². The first-order chi connectivity index (χ1) is 10.2. The van der Waals surface area contributed by atoms with Crippen molar-refractivity contribution in [3.05, 3.63) is 64.7 Å². The summed E-state index contributed by atoms with van der Waals surface area (Å²) >= 11 is 0. The lowest BCUT2D eigenvalue weighted by molar-refractivity contribution is 0.414. The molecule has 0 saturated heterocycles. The lowest BCUT2D eigenvalue weighted by atomic mass is 9.94. The Kier molecular flexibility index (Phi) is 5.40. The third-order valence-corrected chi connectivity index (χ3v) is 4.16. The van der Waals surface area contributed by atoms with Gasteiger partial charge in [0.2, 0.25) is 0 Å². The van der Waals surface area contributed by atoms with E-state index in [2.05, 4.69) is 55.6 Å². The van der Waals surface area contributed by atoms with E-state index in [1.807, 2.05) is 13.1 Å². The van der Waals surface area contributed by atoms with Crippen molar-refractivity contribution in [2.24, 2.45) is 0 Å². The molecule has 0 aliphatic rings. The Bertz CT molecular complexity index is 592. The van der Waals surface area contributed by atoms with Gasteiger partial charge in [-0.2, -0.15) is 0 Å². The van der Waals surface area contributed by atoms with Crippen LogP contribution in [0.2, 0.25) is 0 Å². The van der Waals surface area contributed by atoms with Crippen molar-refractivity contribution in [2.75, 3.05) is 14.2 Å². The van der Waals surface area contributed by atoms with Crippen molar-refractivity contribution < 1.29 is 4.74 Å². The summed E-state index contributed by atoms with van der Waals surface area (Å²) in [5.41, 5.74) is 5.44. The second kappa shape index (κ2) is 7.28. The van der Waals surface area contributed by atoms with Crippen molar-refractivity contribution in [1.29, 1.82) is 0 Å². The molecule has 2 nitrogen and oxygen atoms in total. The van der Waals surface area contributed by atoms with E-state index < -0.39 is 0 Å². The van der Waals surface area contributed by atoms with Crippen LogP contribution in [-0.4, -0.2) is 14.2 Å². The van der Waals surface area contributed by atoms with Gasteiger partial charge in [0, 0.05) is 6.04 Å². The zero-order chi connectivity index (χ0) is 15.2. The van der Waals surface area contributed by atoms with E-state index in [9.17, 15) is 0 Å². The van der Waals surface area contributed by atoms with Crippen LogP contribution in [0.3, 0.4) is 0 Å². The van der Waals surface area contributed by atoms with Crippen molar-refractivity contribution in [3.8, 4) is 5.75 Å². The molecular weight excluding hydrogens is 258 g/mol. The second-order valence-corrected chi connectivity index (χ2v) is 5.53. The first-order valence-corrected chi connectivity index (χ1v) is 7.52. The van der Waals surface area contributed by atoms with Gasteiger partial charge < -0.3 is 10.1 Å². The Morgan fingerprint density at radius 1 is 1.05 bits per heavy atom. The third kappa shape index (κ3) is 3.85. The fourth-order valence-corrected chi connectivity index (χ4v) is 2.81. The fraction of sp³-hybridized carbons (Fsp3) is 0.368. The highest BCUT2D eigenvalue weighted by Gasteiger charge is 2.13. The standard InChI is InChI=1S/C19H25NO/c1-14-7-5-6-8-16(14)9-12-19(20-3)18-11-10-17(21-4)13-15(18)2/h5-8,10-11,13,19-20H,9,12H2,1-4H3. The SMILES string of the molecule is CNC(CCc1ccccc1C)c1ccc(OC)cc1C. The highest BCUT2D eigenvalue weighted by molar-refractivity contribution is 5.37. The quantitative estimate of drug-likeness (QED) is 0.857. The number of nitrogens with one attached hydrogen (secondary N) is 1. The average molecular weight is 283 g/mol. The van der Waals surface area contributed by atoms with Crippen LogP contribution >= 0.6 is 0 Å². The molecule has 0 aromatic heterocycles. The van der Waals surface area contributed by atoms with Gasteiger partial charge in [0.05, 0.1) is 7.11 Å². The Hall–Kier alpha value is -1.80. The molecule has 2 aromatic carbocycles. The van der Waals surface area contributed by atoms with Gasteiger partial charge in [-0.3, -0.25) is 0 Å². The highest BCUT2D eigenvalue weighted by Crippen LogP contribution is 2.26. The fourth-order valence-electron chi connectivity index (χ4n) is 2.81. The Labute approximate surface area is 128 Å². The number of ether oxygens (including phenoxy) is 1. The summed E-state index contributed by atoms with van der Waals surface area (Å²) in [5, 5.41) is 3.45. The van der Waals surface area contributed by atoms with Crippen LogP contribution in [0.4, 0.5) is 0 Å². The lowest BCUT2D eigenvalue weighted by Crippen LogP contribution is -2.18. The Morgan fingerprint density at radius 3 is 2.43 bits per heavy atom. The minimum atomic E-state index is 0.371. The van der Waals surface area contributed by atoms with Gasteiger partial charge in [-0.15, -0.1) is 0 Å². The minimum Gasteiger partial charge on any atom is -0.497 e. The summed E-state index contributed by atoms with van der Waals surface area (Å²) in [4.78, 5) is 0. The van der Waals surface area contributed by atoms with E-state index in [0.717, 1.165) is 18.6 Å². The summed E-state index contributed by atoms with van der Waals surface area (Å²) in [6.45, 7) is 4.33. The first kappa shape index (κ1) is 15.6. The topological polar surface area (TPSA) is 21.3 Å². The van der Waals surface area contributed by atoms with E-state index in [1.165, 1.54) is 22.3 Å². The zero-order valence-electron chi connectivity index (χ0n) is 13.4. The molecule has 0 heterocycles.